The van der Waals surface area contributed by atoms with Crippen molar-refractivity contribution in [3.05, 3.63) is 24.3 Å². The lowest BCUT2D eigenvalue weighted by molar-refractivity contribution is 0.103. The summed E-state index contributed by atoms with van der Waals surface area (Å²) in [6, 6.07) is 8.78. The molecule has 24 heavy (non-hydrogen) atoms. The van der Waals surface area contributed by atoms with E-state index < -0.39 is 0 Å². The highest BCUT2D eigenvalue weighted by molar-refractivity contribution is 5.31. The van der Waals surface area contributed by atoms with Crippen LogP contribution < -0.4 is 9.47 Å². The first-order valence-electron chi connectivity index (χ1n) is 9.67. The van der Waals surface area contributed by atoms with Crippen LogP contribution in [0.5, 0.6) is 11.5 Å². The SMILES string of the molecule is CCCOc1ccc(OCCN2CCCC(N3CCCC3)C2)cc1. The Morgan fingerprint density at radius 3 is 2.25 bits per heavy atom. The predicted molar refractivity (Wildman–Crippen MR) is 98.0 cm³/mol. The van der Waals surface area contributed by atoms with Crippen molar-refractivity contribution in [2.45, 2.75) is 45.1 Å². The molecule has 2 heterocycles. The van der Waals surface area contributed by atoms with E-state index in [0.717, 1.165) is 43.7 Å². The van der Waals surface area contributed by atoms with Gasteiger partial charge in [-0.05, 0) is 76.0 Å². The summed E-state index contributed by atoms with van der Waals surface area (Å²) in [5.74, 6) is 1.86. The van der Waals surface area contributed by atoms with Gasteiger partial charge in [-0.1, -0.05) is 6.92 Å². The minimum absolute atomic E-state index is 0.766. The van der Waals surface area contributed by atoms with E-state index in [1.807, 2.05) is 24.3 Å². The van der Waals surface area contributed by atoms with E-state index in [4.69, 9.17) is 9.47 Å². The number of benzene rings is 1. The van der Waals surface area contributed by atoms with Gasteiger partial charge in [-0.15, -0.1) is 0 Å². The van der Waals surface area contributed by atoms with Crippen LogP contribution in [-0.2, 0) is 0 Å². The van der Waals surface area contributed by atoms with Crippen molar-refractivity contribution in [1.29, 1.82) is 0 Å². The molecule has 2 aliphatic heterocycles. The van der Waals surface area contributed by atoms with Crippen LogP contribution in [0.2, 0.25) is 0 Å². The Balaban J connectivity index is 1.37. The van der Waals surface area contributed by atoms with Gasteiger partial charge >= 0.3 is 0 Å². The zero-order valence-corrected chi connectivity index (χ0v) is 15.1. The molecule has 1 atom stereocenters. The van der Waals surface area contributed by atoms with Crippen LogP contribution in [0.4, 0.5) is 0 Å². The van der Waals surface area contributed by atoms with Crippen molar-refractivity contribution in [2.75, 3.05) is 45.9 Å². The number of nitrogens with zero attached hydrogens (tertiary/aromatic N) is 2. The van der Waals surface area contributed by atoms with Gasteiger partial charge < -0.3 is 9.47 Å². The molecule has 0 N–H and O–H groups in total. The fraction of sp³-hybridized carbons (Fsp3) is 0.700. The molecule has 0 aromatic heterocycles. The molecule has 0 amide bonds. The van der Waals surface area contributed by atoms with Crippen molar-refractivity contribution in [2.24, 2.45) is 0 Å². The van der Waals surface area contributed by atoms with Crippen molar-refractivity contribution in [3.8, 4) is 11.5 Å². The Bertz CT molecular complexity index is 471. The Morgan fingerprint density at radius 1 is 0.917 bits per heavy atom. The van der Waals surface area contributed by atoms with Gasteiger partial charge in [0.25, 0.3) is 0 Å². The molecule has 0 aliphatic carbocycles. The van der Waals surface area contributed by atoms with Crippen molar-refractivity contribution >= 4 is 0 Å². The molecule has 0 radical (unpaired) electrons. The second kappa shape index (κ2) is 9.28. The van der Waals surface area contributed by atoms with Gasteiger partial charge in [0, 0.05) is 19.1 Å². The number of hydrogen-bond acceptors (Lipinski definition) is 4. The minimum Gasteiger partial charge on any atom is -0.494 e. The van der Waals surface area contributed by atoms with Crippen LogP contribution in [0.1, 0.15) is 39.0 Å². The maximum absolute atomic E-state index is 5.92. The molecule has 2 saturated heterocycles. The third-order valence-electron chi connectivity index (χ3n) is 5.11. The first-order chi connectivity index (χ1) is 11.8. The second-order valence-corrected chi connectivity index (χ2v) is 7.01. The van der Waals surface area contributed by atoms with Crippen LogP contribution >= 0.6 is 0 Å². The van der Waals surface area contributed by atoms with Crippen molar-refractivity contribution in [3.63, 3.8) is 0 Å². The molecule has 4 nitrogen and oxygen atoms in total. The number of ether oxygens (including phenoxy) is 2. The Labute approximate surface area is 146 Å². The lowest BCUT2D eigenvalue weighted by Crippen LogP contribution is -2.47. The molecule has 1 unspecified atom stereocenters. The molecule has 2 aliphatic rings. The summed E-state index contributed by atoms with van der Waals surface area (Å²) in [5.41, 5.74) is 0. The zero-order valence-electron chi connectivity index (χ0n) is 15.1. The molecule has 134 valence electrons. The Hall–Kier alpha value is -1.26. The fourth-order valence-corrected chi connectivity index (χ4v) is 3.78. The van der Waals surface area contributed by atoms with Gasteiger partial charge in [-0.3, -0.25) is 9.80 Å². The number of hydrogen-bond donors (Lipinski definition) is 0. The zero-order chi connectivity index (χ0) is 16.6. The molecular weight excluding hydrogens is 300 g/mol. The average molecular weight is 332 g/mol. The quantitative estimate of drug-likeness (QED) is 0.728. The summed E-state index contributed by atoms with van der Waals surface area (Å²) in [7, 11) is 0. The van der Waals surface area contributed by atoms with Gasteiger partial charge in [-0.25, -0.2) is 0 Å². The van der Waals surface area contributed by atoms with E-state index >= 15 is 0 Å². The first kappa shape index (κ1) is 17.6. The molecule has 3 rings (SSSR count). The highest BCUT2D eigenvalue weighted by Crippen LogP contribution is 2.21. The first-order valence-corrected chi connectivity index (χ1v) is 9.67. The summed E-state index contributed by atoms with van der Waals surface area (Å²) < 4.78 is 11.5. The fourth-order valence-electron chi connectivity index (χ4n) is 3.78. The summed E-state index contributed by atoms with van der Waals surface area (Å²) in [5, 5.41) is 0. The smallest absolute Gasteiger partial charge is 0.119 e. The highest BCUT2D eigenvalue weighted by atomic mass is 16.5. The second-order valence-electron chi connectivity index (χ2n) is 7.01. The third-order valence-corrected chi connectivity index (χ3v) is 5.11. The van der Waals surface area contributed by atoms with Gasteiger partial charge in [0.05, 0.1) is 6.61 Å². The van der Waals surface area contributed by atoms with Gasteiger partial charge in [0.2, 0.25) is 0 Å². The van der Waals surface area contributed by atoms with E-state index in [1.165, 1.54) is 51.9 Å². The maximum Gasteiger partial charge on any atom is 0.119 e. The van der Waals surface area contributed by atoms with Crippen molar-refractivity contribution < 1.29 is 9.47 Å². The molecule has 2 fully saturated rings. The molecule has 0 bridgehead atoms. The Kier molecular flexibility index (Phi) is 6.79. The summed E-state index contributed by atoms with van der Waals surface area (Å²) >= 11 is 0. The summed E-state index contributed by atoms with van der Waals surface area (Å²) in [4.78, 5) is 5.27. The van der Waals surface area contributed by atoms with E-state index in [1.54, 1.807) is 0 Å². The third kappa shape index (κ3) is 5.12. The van der Waals surface area contributed by atoms with Gasteiger partial charge in [0.15, 0.2) is 0 Å². The van der Waals surface area contributed by atoms with Gasteiger partial charge in [0.1, 0.15) is 18.1 Å². The summed E-state index contributed by atoms with van der Waals surface area (Å²) in [6.45, 7) is 9.73. The maximum atomic E-state index is 5.92. The molecule has 4 heteroatoms. The molecular formula is C20H32N2O2. The van der Waals surface area contributed by atoms with Gasteiger partial charge in [-0.2, -0.15) is 0 Å². The van der Waals surface area contributed by atoms with E-state index in [0.29, 0.717) is 0 Å². The number of rotatable bonds is 8. The van der Waals surface area contributed by atoms with E-state index in [2.05, 4.69) is 16.7 Å². The van der Waals surface area contributed by atoms with Crippen LogP contribution in [0.15, 0.2) is 24.3 Å². The van der Waals surface area contributed by atoms with Crippen LogP contribution in [0.25, 0.3) is 0 Å². The summed E-state index contributed by atoms with van der Waals surface area (Å²) in [6.07, 6.45) is 6.50. The van der Waals surface area contributed by atoms with Crippen LogP contribution in [-0.4, -0.2) is 61.8 Å². The van der Waals surface area contributed by atoms with Crippen LogP contribution in [0.3, 0.4) is 0 Å². The highest BCUT2D eigenvalue weighted by Gasteiger charge is 2.26. The number of piperidine rings is 1. The Morgan fingerprint density at radius 2 is 1.58 bits per heavy atom. The molecule has 1 aromatic carbocycles. The normalized spacial score (nSPS) is 22.6. The lowest BCUT2D eigenvalue weighted by Gasteiger charge is -2.37. The topological polar surface area (TPSA) is 24.9 Å². The average Bonchev–Trinajstić information content (AvgIpc) is 3.16. The van der Waals surface area contributed by atoms with Crippen LogP contribution in [0, 0.1) is 0 Å². The predicted octanol–water partition coefficient (Wildman–Crippen LogP) is 3.41. The van der Waals surface area contributed by atoms with E-state index in [-0.39, 0.29) is 0 Å². The largest absolute Gasteiger partial charge is 0.494 e. The monoisotopic (exact) mass is 332 g/mol. The minimum atomic E-state index is 0.766. The van der Waals surface area contributed by atoms with E-state index in [9.17, 15) is 0 Å². The molecule has 0 saturated carbocycles. The lowest BCUT2D eigenvalue weighted by atomic mass is 10.0. The standard InChI is InChI=1S/C20H32N2O2/c1-2-15-23-19-7-9-20(10-8-19)24-16-14-21-11-5-6-18(17-21)22-12-3-4-13-22/h7-10,18H,2-6,11-17H2,1H3. The molecule has 0 spiro atoms. The van der Waals surface area contributed by atoms with Crippen molar-refractivity contribution in [1.82, 2.24) is 9.80 Å². The number of likely N-dealkylation sites (tertiary alicyclic amines) is 2. The molecule has 1 aromatic rings.